The zero-order chi connectivity index (χ0) is 13.3. The molecule has 0 fully saturated rings. The van der Waals surface area contributed by atoms with Gasteiger partial charge in [-0.2, -0.15) is 0 Å². The molecule has 6 heteroatoms. The van der Waals surface area contributed by atoms with E-state index in [9.17, 15) is 9.59 Å². The van der Waals surface area contributed by atoms with E-state index in [4.69, 9.17) is 23.2 Å². The molecule has 1 N–H and O–H groups in total. The molecule has 0 aliphatic carbocycles. The van der Waals surface area contributed by atoms with Gasteiger partial charge in [0.2, 0.25) is 0 Å². The first-order valence-corrected chi connectivity index (χ1v) is 5.98. The van der Waals surface area contributed by atoms with Crippen LogP contribution in [0.3, 0.4) is 0 Å². The predicted octanol–water partition coefficient (Wildman–Crippen LogP) is 2.20. The highest BCUT2D eigenvalue weighted by molar-refractivity contribution is 6.42. The largest absolute Gasteiger partial charge is 0.328 e. The first-order valence-electron chi connectivity index (χ1n) is 5.22. The van der Waals surface area contributed by atoms with Crippen LogP contribution in [0.4, 0.5) is 0 Å². The van der Waals surface area contributed by atoms with Crippen molar-refractivity contribution >= 4 is 23.2 Å². The van der Waals surface area contributed by atoms with E-state index in [0.29, 0.717) is 15.6 Å². The number of aromatic nitrogens is 2. The third-order valence-corrected chi connectivity index (χ3v) is 3.42. The lowest BCUT2D eigenvalue weighted by atomic mass is 10.2. The lowest BCUT2D eigenvalue weighted by Gasteiger charge is -2.08. The summed E-state index contributed by atoms with van der Waals surface area (Å²) in [5, 5.41) is 0.846. The molecule has 2 rings (SSSR count). The van der Waals surface area contributed by atoms with E-state index in [-0.39, 0.29) is 12.1 Å². The lowest BCUT2D eigenvalue weighted by molar-refractivity contribution is 0.714. The van der Waals surface area contributed by atoms with Crippen molar-refractivity contribution in [1.82, 2.24) is 9.55 Å². The van der Waals surface area contributed by atoms with Gasteiger partial charge in [-0.1, -0.05) is 35.3 Å². The van der Waals surface area contributed by atoms with Crippen LogP contribution in [-0.4, -0.2) is 9.55 Å². The minimum atomic E-state index is -0.471. The highest BCUT2D eigenvalue weighted by Crippen LogP contribution is 2.25. The standard InChI is InChI=1S/C12H10Cl2N2O2/c1-7-5-16(12(18)15-11(7)17)6-8-3-2-4-9(13)10(8)14/h2-5H,6H2,1H3,(H,15,17,18). The summed E-state index contributed by atoms with van der Waals surface area (Å²) >= 11 is 11.9. The summed E-state index contributed by atoms with van der Waals surface area (Å²) in [6, 6.07) is 5.21. The molecule has 0 unspecified atom stereocenters. The highest BCUT2D eigenvalue weighted by atomic mass is 35.5. The topological polar surface area (TPSA) is 54.9 Å². The summed E-state index contributed by atoms with van der Waals surface area (Å²) in [4.78, 5) is 25.1. The summed E-state index contributed by atoms with van der Waals surface area (Å²) in [5.74, 6) is 0. The van der Waals surface area contributed by atoms with Crippen LogP contribution < -0.4 is 11.2 Å². The van der Waals surface area contributed by atoms with Crippen LogP contribution in [0.15, 0.2) is 34.0 Å². The van der Waals surface area contributed by atoms with Crippen LogP contribution in [0, 0.1) is 6.92 Å². The first-order chi connectivity index (χ1) is 8.49. The van der Waals surface area contributed by atoms with E-state index in [1.807, 2.05) is 0 Å². The quantitative estimate of drug-likeness (QED) is 0.919. The molecule has 0 saturated carbocycles. The zero-order valence-electron chi connectivity index (χ0n) is 9.54. The number of hydrogen-bond acceptors (Lipinski definition) is 2. The second-order valence-electron chi connectivity index (χ2n) is 3.91. The van der Waals surface area contributed by atoms with Gasteiger partial charge in [-0.3, -0.25) is 14.3 Å². The second kappa shape index (κ2) is 5.00. The molecule has 1 aromatic heterocycles. The van der Waals surface area contributed by atoms with Crippen molar-refractivity contribution in [3.05, 3.63) is 66.4 Å². The van der Waals surface area contributed by atoms with Gasteiger partial charge in [0.05, 0.1) is 16.6 Å². The van der Waals surface area contributed by atoms with Crippen molar-refractivity contribution in [1.29, 1.82) is 0 Å². The van der Waals surface area contributed by atoms with Crippen molar-refractivity contribution in [3.8, 4) is 0 Å². The normalized spacial score (nSPS) is 10.6. The van der Waals surface area contributed by atoms with Crippen LogP contribution in [-0.2, 0) is 6.54 Å². The molecule has 2 aromatic rings. The van der Waals surface area contributed by atoms with Crippen molar-refractivity contribution in [3.63, 3.8) is 0 Å². The number of hydrogen-bond donors (Lipinski definition) is 1. The molecule has 1 aromatic carbocycles. The van der Waals surface area contributed by atoms with Gasteiger partial charge < -0.3 is 0 Å². The van der Waals surface area contributed by atoms with Gasteiger partial charge in [0.1, 0.15) is 0 Å². The maximum absolute atomic E-state index is 11.6. The smallest absolute Gasteiger partial charge is 0.296 e. The summed E-state index contributed by atoms with van der Waals surface area (Å²) in [6.07, 6.45) is 1.50. The van der Waals surface area contributed by atoms with Crippen molar-refractivity contribution in [2.75, 3.05) is 0 Å². The molecule has 18 heavy (non-hydrogen) atoms. The molecule has 4 nitrogen and oxygen atoms in total. The molecule has 0 spiro atoms. The molecule has 1 heterocycles. The fourth-order valence-electron chi connectivity index (χ4n) is 1.59. The average Bonchev–Trinajstić information content (AvgIpc) is 2.32. The van der Waals surface area contributed by atoms with Crippen molar-refractivity contribution < 1.29 is 0 Å². The summed E-state index contributed by atoms with van der Waals surface area (Å²) < 4.78 is 1.38. The van der Waals surface area contributed by atoms with Crippen LogP contribution in [0.2, 0.25) is 10.0 Å². The summed E-state index contributed by atoms with van der Waals surface area (Å²) in [6.45, 7) is 1.89. The Kier molecular flexibility index (Phi) is 3.59. The summed E-state index contributed by atoms with van der Waals surface area (Å²) in [7, 11) is 0. The number of aromatic amines is 1. The van der Waals surface area contributed by atoms with E-state index in [1.54, 1.807) is 25.1 Å². The maximum atomic E-state index is 11.6. The predicted molar refractivity (Wildman–Crippen MR) is 71.6 cm³/mol. The van der Waals surface area contributed by atoms with Crippen LogP contribution >= 0.6 is 23.2 Å². The molecular formula is C12H10Cl2N2O2. The van der Waals surface area contributed by atoms with Gasteiger partial charge in [0.15, 0.2) is 0 Å². The Morgan fingerprint density at radius 3 is 2.72 bits per heavy atom. The third kappa shape index (κ3) is 2.49. The number of H-pyrrole nitrogens is 1. The van der Waals surface area contributed by atoms with Crippen LogP contribution in [0.5, 0.6) is 0 Å². The molecule has 0 saturated heterocycles. The Morgan fingerprint density at radius 1 is 1.28 bits per heavy atom. The van der Waals surface area contributed by atoms with Gasteiger partial charge in [0.25, 0.3) is 5.56 Å². The fraction of sp³-hybridized carbons (Fsp3) is 0.167. The number of nitrogens with zero attached hydrogens (tertiary/aromatic N) is 1. The van der Waals surface area contributed by atoms with Gasteiger partial charge in [-0.15, -0.1) is 0 Å². The SMILES string of the molecule is Cc1cn(Cc2cccc(Cl)c2Cl)c(=O)[nH]c1=O. The van der Waals surface area contributed by atoms with Gasteiger partial charge in [-0.25, -0.2) is 4.79 Å². The highest BCUT2D eigenvalue weighted by Gasteiger charge is 2.07. The molecule has 0 radical (unpaired) electrons. The third-order valence-electron chi connectivity index (χ3n) is 2.56. The minimum Gasteiger partial charge on any atom is -0.296 e. The van der Waals surface area contributed by atoms with E-state index in [2.05, 4.69) is 4.98 Å². The van der Waals surface area contributed by atoms with E-state index < -0.39 is 5.69 Å². The maximum Gasteiger partial charge on any atom is 0.328 e. The molecule has 94 valence electrons. The number of benzene rings is 1. The Bertz CT molecular complexity index is 704. The molecule has 0 amide bonds. The van der Waals surface area contributed by atoms with E-state index in [1.165, 1.54) is 10.8 Å². The molecule has 0 bridgehead atoms. The van der Waals surface area contributed by atoms with Gasteiger partial charge in [-0.05, 0) is 18.6 Å². The Balaban J connectivity index is 2.47. The van der Waals surface area contributed by atoms with Crippen LogP contribution in [0.1, 0.15) is 11.1 Å². The number of nitrogens with one attached hydrogen (secondary N) is 1. The van der Waals surface area contributed by atoms with Gasteiger partial charge >= 0.3 is 5.69 Å². The van der Waals surface area contributed by atoms with E-state index in [0.717, 1.165) is 5.56 Å². The van der Waals surface area contributed by atoms with Crippen molar-refractivity contribution in [2.24, 2.45) is 0 Å². The van der Waals surface area contributed by atoms with E-state index >= 15 is 0 Å². The number of halogens is 2. The lowest BCUT2D eigenvalue weighted by Crippen LogP contribution is -2.31. The molecule has 0 aliphatic rings. The fourth-order valence-corrected chi connectivity index (χ4v) is 1.97. The zero-order valence-corrected chi connectivity index (χ0v) is 11.0. The molecule has 0 atom stereocenters. The Labute approximate surface area is 113 Å². The minimum absolute atomic E-state index is 0.260. The first kappa shape index (κ1) is 12.9. The average molecular weight is 285 g/mol. The number of rotatable bonds is 2. The molecular weight excluding hydrogens is 275 g/mol. The van der Waals surface area contributed by atoms with Crippen molar-refractivity contribution in [2.45, 2.75) is 13.5 Å². The Morgan fingerprint density at radius 2 is 2.00 bits per heavy atom. The number of aryl methyl sites for hydroxylation is 1. The molecule has 0 aliphatic heterocycles. The van der Waals surface area contributed by atoms with Crippen LogP contribution in [0.25, 0.3) is 0 Å². The monoisotopic (exact) mass is 284 g/mol. The summed E-state index contributed by atoms with van der Waals surface area (Å²) in [5.41, 5.74) is 0.334. The second-order valence-corrected chi connectivity index (χ2v) is 4.70. The Hall–Kier alpha value is -1.52. The van der Waals surface area contributed by atoms with Gasteiger partial charge in [0, 0.05) is 11.8 Å².